The zero-order valence-electron chi connectivity index (χ0n) is 10.8. The standard InChI is InChI=1S/C14H15NO5/c16-11-4-12(14(18)19)15(5-11)13(17)8-1-2-9-6-20-7-10(9)3-8/h1-3,11-12,16H,4-7H2,(H,18,19). The van der Waals surface area contributed by atoms with Gasteiger partial charge < -0.3 is 19.8 Å². The van der Waals surface area contributed by atoms with Crippen molar-refractivity contribution in [1.29, 1.82) is 0 Å². The number of amides is 1. The lowest BCUT2D eigenvalue weighted by atomic mass is 10.1. The molecular formula is C14H15NO5. The summed E-state index contributed by atoms with van der Waals surface area (Å²) in [5.74, 6) is -1.44. The maximum Gasteiger partial charge on any atom is 0.326 e. The number of aliphatic carboxylic acids is 1. The lowest BCUT2D eigenvalue weighted by Crippen LogP contribution is -2.40. The highest BCUT2D eigenvalue weighted by molar-refractivity contribution is 5.97. The molecule has 0 saturated carbocycles. The predicted octanol–water partition coefficient (Wildman–Crippen LogP) is 0.377. The number of nitrogens with zero attached hydrogens (tertiary/aromatic N) is 1. The normalized spacial score (nSPS) is 24.8. The molecule has 6 nitrogen and oxygen atoms in total. The van der Waals surface area contributed by atoms with Gasteiger partial charge in [0, 0.05) is 18.5 Å². The van der Waals surface area contributed by atoms with Gasteiger partial charge in [0.1, 0.15) is 6.04 Å². The van der Waals surface area contributed by atoms with E-state index in [4.69, 9.17) is 9.84 Å². The summed E-state index contributed by atoms with van der Waals surface area (Å²) in [6.45, 7) is 1.08. The third kappa shape index (κ3) is 2.17. The van der Waals surface area contributed by atoms with Gasteiger partial charge in [-0.25, -0.2) is 4.79 Å². The van der Waals surface area contributed by atoms with Crippen molar-refractivity contribution in [1.82, 2.24) is 4.90 Å². The van der Waals surface area contributed by atoms with E-state index in [0.29, 0.717) is 18.8 Å². The molecule has 0 aliphatic carbocycles. The smallest absolute Gasteiger partial charge is 0.326 e. The average Bonchev–Trinajstić information content (AvgIpc) is 3.02. The van der Waals surface area contributed by atoms with E-state index in [1.807, 2.05) is 6.07 Å². The van der Waals surface area contributed by atoms with E-state index in [0.717, 1.165) is 11.1 Å². The van der Waals surface area contributed by atoms with Crippen molar-refractivity contribution >= 4 is 11.9 Å². The minimum atomic E-state index is -1.08. The summed E-state index contributed by atoms with van der Waals surface area (Å²) in [6, 6.07) is 4.30. The number of β-amino-alcohol motifs (C(OH)–C–C–N with tert-alkyl or cyclic N) is 1. The molecule has 0 radical (unpaired) electrons. The molecule has 6 heteroatoms. The second kappa shape index (κ2) is 4.88. The number of benzene rings is 1. The lowest BCUT2D eigenvalue weighted by Gasteiger charge is -2.21. The molecule has 1 fully saturated rings. The second-order valence-corrected chi connectivity index (χ2v) is 5.18. The summed E-state index contributed by atoms with van der Waals surface area (Å²) >= 11 is 0. The molecule has 1 amide bonds. The predicted molar refractivity (Wildman–Crippen MR) is 68.0 cm³/mol. The van der Waals surface area contributed by atoms with Crippen molar-refractivity contribution in [2.75, 3.05) is 6.54 Å². The summed E-state index contributed by atoms with van der Waals surface area (Å²) in [7, 11) is 0. The van der Waals surface area contributed by atoms with Gasteiger partial charge >= 0.3 is 5.97 Å². The van der Waals surface area contributed by atoms with Crippen LogP contribution in [-0.2, 0) is 22.7 Å². The van der Waals surface area contributed by atoms with Crippen LogP contribution in [0.1, 0.15) is 27.9 Å². The van der Waals surface area contributed by atoms with Crippen LogP contribution in [0.5, 0.6) is 0 Å². The molecular weight excluding hydrogens is 262 g/mol. The number of carbonyl (C=O) groups excluding carboxylic acids is 1. The number of carbonyl (C=O) groups is 2. The molecule has 1 aromatic carbocycles. The van der Waals surface area contributed by atoms with Gasteiger partial charge in [-0.2, -0.15) is 0 Å². The molecule has 3 rings (SSSR count). The zero-order chi connectivity index (χ0) is 14.3. The molecule has 106 valence electrons. The highest BCUT2D eigenvalue weighted by Gasteiger charge is 2.39. The zero-order valence-corrected chi connectivity index (χ0v) is 10.8. The molecule has 2 heterocycles. The Morgan fingerprint density at radius 1 is 1.25 bits per heavy atom. The van der Waals surface area contributed by atoms with Crippen molar-refractivity contribution in [2.45, 2.75) is 31.8 Å². The van der Waals surface area contributed by atoms with Crippen LogP contribution in [0, 0.1) is 0 Å². The van der Waals surface area contributed by atoms with Gasteiger partial charge in [0.2, 0.25) is 0 Å². The van der Waals surface area contributed by atoms with E-state index in [9.17, 15) is 14.7 Å². The summed E-state index contributed by atoms with van der Waals surface area (Å²) in [4.78, 5) is 24.8. The Morgan fingerprint density at radius 2 is 2.00 bits per heavy atom. The first-order valence-electron chi connectivity index (χ1n) is 6.47. The molecule has 0 aromatic heterocycles. The van der Waals surface area contributed by atoms with Crippen molar-refractivity contribution in [3.05, 3.63) is 34.9 Å². The number of hydrogen-bond acceptors (Lipinski definition) is 4. The number of carboxylic acids is 1. The second-order valence-electron chi connectivity index (χ2n) is 5.18. The maximum atomic E-state index is 12.4. The van der Waals surface area contributed by atoms with Crippen LogP contribution in [0.25, 0.3) is 0 Å². The lowest BCUT2D eigenvalue weighted by molar-refractivity contribution is -0.141. The molecule has 2 N–H and O–H groups in total. The number of likely N-dealkylation sites (tertiary alicyclic amines) is 1. The van der Waals surface area contributed by atoms with E-state index in [-0.39, 0.29) is 18.9 Å². The number of ether oxygens (including phenoxy) is 1. The topological polar surface area (TPSA) is 87.1 Å². The molecule has 1 saturated heterocycles. The highest BCUT2D eigenvalue weighted by atomic mass is 16.5. The van der Waals surface area contributed by atoms with Crippen LogP contribution < -0.4 is 0 Å². The first-order valence-corrected chi connectivity index (χ1v) is 6.47. The van der Waals surface area contributed by atoms with Gasteiger partial charge in [-0.3, -0.25) is 4.79 Å². The maximum absolute atomic E-state index is 12.4. The monoisotopic (exact) mass is 277 g/mol. The number of fused-ring (bicyclic) bond motifs is 1. The summed E-state index contributed by atoms with van der Waals surface area (Å²) in [5.41, 5.74) is 2.45. The first-order chi connectivity index (χ1) is 9.56. The Bertz CT molecular complexity index is 571. The molecule has 1 aromatic rings. The molecule has 2 atom stereocenters. The van der Waals surface area contributed by atoms with E-state index in [1.165, 1.54) is 4.90 Å². The van der Waals surface area contributed by atoms with E-state index in [1.54, 1.807) is 12.1 Å². The third-order valence-corrected chi connectivity index (χ3v) is 3.79. The van der Waals surface area contributed by atoms with Crippen molar-refractivity contribution in [2.24, 2.45) is 0 Å². The Labute approximate surface area is 115 Å². The molecule has 2 aliphatic rings. The molecule has 2 unspecified atom stereocenters. The minimum absolute atomic E-state index is 0.0589. The van der Waals surface area contributed by atoms with Crippen molar-refractivity contribution in [3.63, 3.8) is 0 Å². The van der Waals surface area contributed by atoms with Crippen LogP contribution in [-0.4, -0.2) is 45.7 Å². The molecule has 0 spiro atoms. The van der Waals surface area contributed by atoms with Crippen molar-refractivity contribution < 1.29 is 24.5 Å². The summed E-state index contributed by atoms with van der Waals surface area (Å²) in [6.07, 6.45) is -0.701. The number of hydrogen-bond donors (Lipinski definition) is 2. The molecule has 0 bridgehead atoms. The van der Waals surface area contributed by atoms with Gasteiger partial charge in [-0.1, -0.05) is 6.07 Å². The fourth-order valence-corrected chi connectivity index (χ4v) is 2.74. The largest absolute Gasteiger partial charge is 0.480 e. The van der Waals surface area contributed by atoms with E-state index >= 15 is 0 Å². The summed E-state index contributed by atoms with van der Waals surface area (Å²) in [5, 5.41) is 18.7. The third-order valence-electron chi connectivity index (χ3n) is 3.79. The fraction of sp³-hybridized carbons (Fsp3) is 0.429. The highest BCUT2D eigenvalue weighted by Crippen LogP contribution is 2.24. The Morgan fingerprint density at radius 3 is 2.75 bits per heavy atom. The van der Waals surface area contributed by atoms with Gasteiger partial charge in [-0.15, -0.1) is 0 Å². The number of carboxylic acid groups (broad SMARTS) is 1. The van der Waals surface area contributed by atoms with Crippen molar-refractivity contribution in [3.8, 4) is 0 Å². The first kappa shape index (κ1) is 13.1. The van der Waals surface area contributed by atoms with Gasteiger partial charge in [0.25, 0.3) is 5.91 Å². The quantitative estimate of drug-likeness (QED) is 0.816. The van der Waals surface area contributed by atoms with Crippen LogP contribution in [0.15, 0.2) is 18.2 Å². The molecule has 2 aliphatic heterocycles. The van der Waals surface area contributed by atoms with Gasteiger partial charge in [0.15, 0.2) is 0 Å². The summed E-state index contributed by atoms with van der Waals surface area (Å²) < 4.78 is 5.29. The van der Waals surface area contributed by atoms with E-state index < -0.39 is 18.1 Å². The van der Waals surface area contributed by atoms with Crippen LogP contribution in [0.3, 0.4) is 0 Å². The number of rotatable bonds is 2. The van der Waals surface area contributed by atoms with Crippen LogP contribution in [0.4, 0.5) is 0 Å². The minimum Gasteiger partial charge on any atom is -0.480 e. The van der Waals surface area contributed by atoms with Crippen LogP contribution >= 0.6 is 0 Å². The van der Waals surface area contributed by atoms with E-state index in [2.05, 4.69) is 0 Å². The number of aliphatic hydroxyl groups is 1. The molecule has 20 heavy (non-hydrogen) atoms. The number of aliphatic hydroxyl groups excluding tert-OH is 1. The SMILES string of the molecule is O=C(O)C1CC(O)CN1C(=O)c1ccc2c(c1)COC2. The Balaban J connectivity index is 1.86. The van der Waals surface area contributed by atoms with Gasteiger partial charge in [0.05, 0.1) is 19.3 Å². The fourth-order valence-electron chi connectivity index (χ4n) is 2.74. The Hall–Kier alpha value is -1.92. The average molecular weight is 277 g/mol. The van der Waals surface area contributed by atoms with Crippen LogP contribution in [0.2, 0.25) is 0 Å². The Kier molecular flexibility index (Phi) is 3.19. The van der Waals surface area contributed by atoms with Gasteiger partial charge in [-0.05, 0) is 23.3 Å².